The van der Waals surface area contributed by atoms with Crippen LogP contribution in [0.1, 0.15) is 53.0 Å². The lowest BCUT2D eigenvalue weighted by Crippen LogP contribution is -2.77. The van der Waals surface area contributed by atoms with Crippen LogP contribution in [0.25, 0.3) is 0 Å². The van der Waals surface area contributed by atoms with Gasteiger partial charge >= 0.3 is 11.9 Å². The Morgan fingerprint density at radius 1 is 0.964 bits per heavy atom. The fourth-order valence-corrected chi connectivity index (χ4v) is 6.25. The van der Waals surface area contributed by atoms with Crippen LogP contribution in [0.3, 0.4) is 0 Å². The minimum Gasteiger partial charge on any atom is -0.460 e. The lowest BCUT2D eigenvalue weighted by Gasteiger charge is -2.67. The molecule has 4 rings (SSSR count). The molecule has 6 atom stereocenters. The van der Waals surface area contributed by atoms with Crippen molar-refractivity contribution in [2.45, 2.75) is 65.3 Å². The van der Waals surface area contributed by atoms with Crippen LogP contribution in [-0.4, -0.2) is 29.3 Å². The van der Waals surface area contributed by atoms with E-state index >= 15 is 0 Å². The van der Waals surface area contributed by atoms with Crippen molar-refractivity contribution in [2.24, 2.45) is 28.6 Å². The topological polar surface area (TPSA) is 72.8 Å². The molecule has 0 radical (unpaired) electrons. The van der Waals surface area contributed by atoms with Gasteiger partial charge in [-0.05, 0) is 36.2 Å². The first-order valence-electron chi connectivity index (χ1n) is 10.3. The summed E-state index contributed by atoms with van der Waals surface area (Å²) >= 11 is 0. The molecule has 2 heterocycles. The van der Waals surface area contributed by atoms with Gasteiger partial charge in [-0.15, -0.1) is 0 Å². The third kappa shape index (κ3) is 2.11. The molecular formula is C23H30O5. The third-order valence-corrected chi connectivity index (χ3v) is 7.35. The van der Waals surface area contributed by atoms with Crippen LogP contribution in [0, 0.1) is 28.6 Å². The van der Waals surface area contributed by atoms with Gasteiger partial charge in [0.05, 0.1) is 0 Å². The molecule has 28 heavy (non-hydrogen) atoms. The number of carbonyl (C=O) groups is 2. The highest BCUT2D eigenvalue weighted by molar-refractivity contribution is 5.90. The Labute approximate surface area is 166 Å². The van der Waals surface area contributed by atoms with E-state index in [1.165, 1.54) is 0 Å². The summed E-state index contributed by atoms with van der Waals surface area (Å²) < 4.78 is 11.1. The van der Waals surface area contributed by atoms with Crippen LogP contribution in [-0.2, 0) is 24.7 Å². The number of rotatable bonds is 3. The number of carbonyl (C=O) groups excluding carboxylic acids is 2. The van der Waals surface area contributed by atoms with Crippen molar-refractivity contribution in [1.29, 1.82) is 0 Å². The van der Waals surface area contributed by atoms with E-state index in [1.807, 2.05) is 65.0 Å². The number of cyclic esters (lactones) is 2. The van der Waals surface area contributed by atoms with E-state index < -0.39 is 28.5 Å². The molecule has 1 aromatic rings. The van der Waals surface area contributed by atoms with Crippen LogP contribution in [0.5, 0.6) is 0 Å². The third-order valence-electron chi connectivity index (χ3n) is 7.35. The summed E-state index contributed by atoms with van der Waals surface area (Å²) in [4.78, 5) is 25.9. The molecule has 0 bridgehead atoms. The van der Waals surface area contributed by atoms with E-state index in [9.17, 15) is 14.7 Å². The lowest BCUT2D eigenvalue weighted by molar-refractivity contribution is -0.315. The summed E-state index contributed by atoms with van der Waals surface area (Å²) in [5.74, 6) is -0.755. The molecule has 2 spiro atoms. The second kappa shape index (κ2) is 6.06. The predicted octanol–water partition coefficient (Wildman–Crippen LogP) is 3.44. The fraction of sp³-hybridized carbons (Fsp3) is 0.652. The number of aliphatic hydroxyl groups is 1. The molecule has 152 valence electrons. The van der Waals surface area contributed by atoms with Gasteiger partial charge in [0, 0.05) is 0 Å². The van der Waals surface area contributed by atoms with Crippen molar-refractivity contribution >= 4 is 11.9 Å². The summed E-state index contributed by atoms with van der Waals surface area (Å²) in [5, 5.41) is 12.2. The van der Waals surface area contributed by atoms with Gasteiger partial charge in [0.25, 0.3) is 0 Å². The van der Waals surface area contributed by atoms with Crippen LogP contribution in [0.4, 0.5) is 0 Å². The molecule has 1 saturated carbocycles. The Morgan fingerprint density at radius 2 is 1.54 bits per heavy atom. The highest BCUT2D eigenvalue weighted by atomic mass is 16.6. The van der Waals surface area contributed by atoms with Gasteiger partial charge in [-0.1, -0.05) is 65.0 Å². The van der Waals surface area contributed by atoms with Gasteiger partial charge in [-0.2, -0.15) is 0 Å². The summed E-state index contributed by atoms with van der Waals surface area (Å²) in [7, 11) is 0. The molecular weight excluding hydrogens is 356 g/mol. The molecule has 0 aromatic heterocycles. The number of benzene rings is 1. The minimum atomic E-state index is -1.39. The van der Waals surface area contributed by atoms with Crippen LogP contribution >= 0.6 is 0 Å². The lowest BCUT2D eigenvalue weighted by atomic mass is 9.43. The first-order chi connectivity index (χ1) is 13.1. The van der Waals surface area contributed by atoms with E-state index in [0.717, 1.165) is 0 Å². The Kier molecular flexibility index (Phi) is 4.20. The van der Waals surface area contributed by atoms with E-state index in [4.69, 9.17) is 9.47 Å². The number of hydrogen-bond donors (Lipinski definition) is 1. The number of hydrogen-bond acceptors (Lipinski definition) is 5. The smallest absolute Gasteiger partial charge is 0.319 e. The molecule has 5 nitrogen and oxygen atoms in total. The quantitative estimate of drug-likeness (QED) is 0.806. The zero-order chi connectivity index (χ0) is 20.5. The zero-order valence-corrected chi connectivity index (χ0v) is 17.3. The second-order valence-corrected chi connectivity index (χ2v) is 9.68. The molecule has 3 fully saturated rings. The Morgan fingerprint density at radius 3 is 2.04 bits per heavy atom. The summed E-state index contributed by atoms with van der Waals surface area (Å²) in [6.07, 6.45) is 0.103. The molecule has 2 aliphatic heterocycles. The van der Waals surface area contributed by atoms with Crippen LogP contribution in [0.2, 0.25) is 0 Å². The van der Waals surface area contributed by atoms with Crippen molar-refractivity contribution in [3.05, 3.63) is 35.9 Å². The van der Waals surface area contributed by atoms with Crippen molar-refractivity contribution < 1.29 is 24.2 Å². The zero-order valence-electron chi connectivity index (χ0n) is 17.3. The standard InChI is InChI=1S/C23H30O5/c1-13(2)17-21(19(24)27-17)11-15(5)23(26,16-9-7-6-8-10-16)22(12-21)18(14(3)4)28-20(22)25/h6-10,13-15,17-18,26H,11-12H2,1-5H3/t15-,17+,18-,21+,22-,23+/m1/s1. The summed E-state index contributed by atoms with van der Waals surface area (Å²) in [6, 6.07) is 9.39. The largest absolute Gasteiger partial charge is 0.460 e. The van der Waals surface area contributed by atoms with Crippen molar-refractivity contribution in [3.63, 3.8) is 0 Å². The van der Waals surface area contributed by atoms with Crippen LogP contribution < -0.4 is 0 Å². The van der Waals surface area contributed by atoms with E-state index in [2.05, 4.69) is 0 Å². The Bertz CT molecular complexity index is 802. The fourth-order valence-electron chi connectivity index (χ4n) is 6.25. The van der Waals surface area contributed by atoms with Crippen LogP contribution in [0.15, 0.2) is 30.3 Å². The van der Waals surface area contributed by atoms with E-state index in [-0.39, 0.29) is 36.2 Å². The predicted molar refractivity (Wildman–Crippen MR) is 103 cm³/mol. The maximum Gasteiger partial charge on any atom is 0.319 e. The molecule has 5 heteroatoms. The summed E-state index contributed by atoms with van der Waals surface area (Å²) in [5.41, 5.74) is -2.55. The Hall–Kier alpha value is -1.88. The molecule has 1 aromatic carbocycles. The minimum absolute atomic E-state index is 0.0314. The SMILES string of the molecule is CC(C)[C@H]1OC(=O)[C@@]12C[C@]1(C[C@@H](C)[C@]2(O)c2ccccc2)C(=O)O[C@H]1C(C)C. The van der Waals surface area contributed by atoms with Gasteiger partial charge < -0.3 is 14.6 Å². The molecule has 2 saturated heterocycles. The normalized spacial score (nSPS) is 42.4. The van der Waals surface area contributed by atoms with Gasteiger partial charge in [0.1, 0.15) is 28.6 Å². The van der Waals surface area contributed by atoms with Crippen molar-refractivity contribution in [3.8, 4) is 0 Å². The highest BCUT2D eigenvalue weighted by Crippen LogP contribution is 2.69. The average molecular weight is 386 g/mol. The van der Waals surface area contributed by atoms with E-state index in [1.54, 1.807) is 0 Å². The molecule has 1 aliphatic carbocycles. The second-order valence-electron chi connectivity index (χ2n) is 9.68. The van der Waals surface area contributed by atoms with Gasteiger partial charge in [-0.3, -0.25) is 9.59 Å². The molecule has 0 amide bonds. The first-order valence-corrected chi connectivity index (χ1v) is 10.3. The summed E-state index contributed by atoms with van der Waals surface area (Å²) in [6.45, 7) is 10.0. The number of esters is 2. The maximum atomic E-state index is 13.1. The van der Waals surface area contributed by atoms with Gasteiger partial charge in [0.15, 0.2) is 0 Å². The number of ether oxygens (including phenoxy) is 2. The van der Waals surface area contributed by atoms with E-state index in [0.29, 0.717) is 12.0 Å². The first kappa shape index (κ1) is 19.4. The molecule has 0 unspecified atom stereocenters. The van der Waals surface area contributed by atoms with Gasteiger partial charge in [0.2, 0.25) is 0 Å². The maximum absolute atomic E-state index is 13.1. The molecule has 1 N–H and O–H groups in total. The average Bonchev–Trinajstić information content (AvgIpc) is 2.65. The van der Waals surface area contributed by atoms with Crippen molar-refractivity contribution in [2.75, 3.05) is 0 Å². The molecule has 3 aliphatic rings. The highest BCUT2D eigenvalue weighted by Gasteiger charge is 2.80. The monoisotopic (exact) mass is 386 g/mol. The van der Waals surface area contributed by atoms with Gasteiger partial charge in [-0.25, -0.2) is 0 Å². The van der Waals surface area contributed by atoms with Crippen molar-refractivity contribution in [1.82, 2.24) is 0 Å². The Balaban J connectivity index is 1.90.